The lowest BCUT2D eigenvalue weighted by atomic mass is 9.59. The van der Waals surface area contributed by atoms with Crippen molar-refractivity contribution in [3.05, 3.63) is 11.9 Å². The molecule has 2 aliphatic carbocycles. The minimum Gasteiger partial charge on any atom is -0.378 e. The lowest BCUT2D eigenvalue weighted by Crippen LogP contribution is -2.60. The second kappa shape index (κ2) is 8.02. The summed E-state index contributed by atoms with van der Waals surface area (Å²) >= 11 is 0. The second-order valence-electron chi connectivity index (χ2n) is 10.1. The van der Waals surface area contributed by atoms with Gasteiger partial charge in [0.25, 0.3) is 0 Å². The van der Waals surface area contributed by atoms with Gasteiger partial charge in [0.15, 0.2) is 0 Å². The number of ether oxygens (including phenoxy) is 1. The Morgan fingerprint density at radius 3 is 2.75 bits per heavy atom. The highest BCUT2D eigenvalue weighted by molar-refractivity contribution is 7.89. The third-order valence-electron chi connectivity index (χ3n) is 8.05. The van der Waals surface area contributed by atoms with Gasteiger partial charge in [-0.3, -0.25) is 4.79 Å². The largest absolute Gasteiger partial charge is 0.378 e. The molecule has 32 heavy (non-hydrogen) atoms. The van der Waals surface area contributed by atoms with Crippen LogP contribution in [0, 0.1) is 29.6 Å². The lowest BCUT2D eigenvalue weighted by molar-refractivity contribution is -0.135. The maximum atomic E-state index is 12.8. The summed E-state index contributed by atoms with van der Waals surface area (Å²) in [5.74, 6) is 0.700. The van der Waals surface area contributed by atoms with Crippen molar-refractivity contribution in [1.29, 1.82) is 0 Å². The van der Waals surface area contributed by atoms with Crippen LogP contribution in [0.5, 0.6) is 0 Å². The quantitative estimate of drug-likeness (QED) is 0.633. The number of aromatic nitrogens is 2. The Kier molecular flexibility index (Phi) is 5.90. The molecule has 2 bridgehead atoms. The van der Waals surface area contributed by atoms with Crippen LogP contribution in [0.25, 0.3) is 0 Å². The third kappa shape index (κ3) is 3.75. The van der Waals surface area contributed by atoms with Gasteiger partial charge < -0.3 is 10.1 Å². The summed E-state index contributed by atoms with van der Waals surface area (Å²) < 4.78 is 59.9. The van der Waals surface area contributed by atoms with Gasteiger partial charge in [0, 0.05) is 26.1 Å². The number of carbonyl (C=O) groups is 1. The highest BCUT2D eigenvalue weighted by Gasteiger charge is 2.68. The molecule has 0 unspecified atom stereocenters. The van der Waals surface area contributed by atoms with Crippen molar-refractivity contribution in [3.63, 3.8) is 0 Å². The van der Waals surface area contributed by atoms with Crippen LogP contribution in [0.4, 0.5) is 8.78 Å². The van der Waals surface area contributed by atoms with Crippen molar-refractivity contribution in [2.75, 3.05) is 13.2 Å². The van der Waals surface area contributed by atoms with Crippen LogP contribution in [0.2, 0.25) is 0 Å². The van der Waals surface area contributed by atoms with Crippen LogP contribution >= 0.6 is 0 Å². The molecule has 0 radical (unpaired) electrons. The lowest BCUT2D eigenvalue weighted by Gasteiger charge is -2.53. The summed E-state index contributed by atoms with van der Waals surface area (Å²) in [5, 5.41) is 6.79. The van der Waals surface area contributed by atoms with E-state index in [0.717, 1.165) is 25.5 Å². The maximum absolute atomic E-state index is 12.8. The predicted octanol–water partition coefficient (Wildman–Crippen LogP) is 2.60. The Morgan fingerprint density at radius 1 is 1.41 bits per heavy atom. The molecule has 2 N–H and O–H groups in total. The summed E-state index contributed by atoms with van der Waals surface area (Å²) in [7, 11) is -3.96. The van der Waals surface area contributed by atoms with Gasteiger partial charge in [-0.1, -0.05) is 13.8 Å². The van der Waals surface area contributed by atoms with E-state index >= 15 is 0 Å². The molecule has 2 saturated carbocycles. The summed E-state index contributed by atoms with van der Waals surface area (Å²) in [6, 6.07) is 0.0715. The smallest absolute Gasteiger partial charge is 0.333 e. The van der Waals surface area contributed by atoms with Crippen molar-refractivity contribution in [3.8, 4) is 0 Å². The number of aryl methyl sites for hydroxylation is 1. The molecule has 5 atom stereocenters. The van der Waals surface area contributed by atoms with E-state index in [1.54, 1.807) is 6.92 Å². The van der Waals surface area contributed by atoms with E-state index in [1.807, 2.05) is 0 Å². The van der Waals surface area contributed by atoms with Crippen molar-refractivity contribution < 1.29 is 26.7 Å². The molecular weight excluding hydrogens is 442 g/mol. The van der Waals surface area contributed by atoms with E-state index in [-0.39, 0.29) is 51.9 Å². The second-order valence-corrected chi connectivity index (χ2v) is 11.8. The number of nitrogens with one attached hydrogen (secondary N) is 2. The Hall–Kier alpha value is -1.59. The molecule has 4 rings (SSSR count). The first kappa shape index (κ1) is 23.6. The number of nitrogens with zero attached hydrogens (tertiary/aromatic N) is 2. The van der Waals surface area contributed by atoms with Crippen LogP contribution in [0.3, 0.4) is 0 Å². The van der Waals surface area contributed by atoms with Crippen molar-refractivity contribution in [2.24, 2.45) is 22.7 Å². The normalized spacial score (nSPS) is 33.5. The van der Waals surface area contributed by atoms with Gasteiger partial charge in [-0.25, -0.2) is 17.8 Å². The molecule has 1 amide bonds. The van der Waals surface area contributed by atoms with Crippen molar-refractivity contribution in [2.45, 2.75) is 77.0 Å². The standard InChI is InChI=1S/C21H32F2N4O4S/c1-12-17(11-27(26-12)19(22)23)32(29,30)24-7-5-16-15-9-14-10-21(15,6-8-31-16)18(20(14,3)4)25-13(2)28/h11,14-16,18-19,24H,5-10H2,1-4H3,(H,25,28)/t14-,15-,16-,18+,21-/m1/s1. The Morgan fingerprint density at radius 2 is 2.12 bits per heavy atom. The summed E-state index contributed by atoms with van der Waals surface area (Å²) in [4.78, 5) is 11.7. The summed E-state index contributed by atoms with van der Waals surface area (Å²) in [5.41, 5.74) is 0.00383. The van der Waals surface area contributed by atoms with Crippen LogP contribution < -0.4 is 10.0 Å². The number of hydrogen-bond acceptors (Lipinski definition) is 5. The van der Waals surface area contributed by atoms with E-state index < -0.39 is 16.6 Å². The number of sulfonamides is 1. The van der Waals surface area contributed by atoms with Gasteiger partial charge in [0.2, 0.25) is 15.9 Å². The van der Waals surface area contributed by atoms with Crippen LogP contribution in [0.1, 0.15) is 58.7 Å². The molecule has 2 heterocycles. The van der Waals surface area contributed by atoms with E-state index in [0.29, 0.717) is 23.6 Å². The fraction of sp³-hybridized carbons (Fsp3) is 0.810. The predicted molar refractivity (Wildman–Crippen MR) is 112 cm³/mol. The molecule has 0 aromatic carbocycles. The number of alkyl halides is 2. The van der Waals surface area contributed by atoms with E-state index in [1.165, 1.54) is 6.92 Å². The number of fused-ring (bicyclic) bond motifs is 1. The molecule has 3 fully saturated rings. The third-order valence-corrected chi connectivity index (χ3v) is 9.62. The van der Waals surface area contributed by atoms with Gasteiger partial charge in [-0.2, -0.15) is 13.9 Å². The molecular formula is C21H32F2N4O4S. The molecule has 1 aromatic rings. The van der Waals surface area contributed by atoms with Gasteiger partial charge >= 0.3 is 6.55 Å². The highest BCUT2D eigenvalue weighted by Crippen LogP contribution is 2.68. The zero-order chi connectivity index (χ0) is 23.5. The van der Waals surface area contributed by atoms with Gasteiger partial charge in [0.1, 0.15) is 4.90 Å². The average Bonchev–Trinajstić information content (AvgIpc) is 3.33. The SMILES string of the molecule is CC(=O)N[C@H]1C(C)(C)[C@@H]2C[C@@H]3[C@@H](CCNS(=O)(=O)c4cn(C(F)F)nc4C)OCC[C@@]31C2. The minimum atomic E-state index is -3.96. The molecule has 11 heteroatoms. The van der Waals surface area contributed by atoms with E-state index in [4.69, 9.17) is 4.74 Å². The van der Waals surface area contributed by atoms with Gasteiger partial charge in [-0.15, -0.1) is 0 Å². The van der Waals surface area contributed by atoms with Crippen molar-refractivity contribution in [1.82, 2.24) is 19.8 Å². The number of halogens is 2. The van der Waals surface area contributed by atoms with Crippen LogP contribution in [0.15, 0.2) is 11.1 Å². The number of carbonyl (C=O) groups excluding carboxylic acids is 1. The zero-order valence-corrected chi connectivity index (χ0v) is 19.7. The first-order valence-electron chi connectivity index (χ1n) is 11.1. The fourth-order valence-electron chi connectivity index (χ4n) is 6.64. The zero-order valence-electron chi connectivity index (χ0n) is 18.9. The van der Waals surface area contributed by atoms with Gasteiger partial charge in [0.05, 0.1) is 18.0 Å². The summed E-state index contributed by atoms with van der Waals surface area (Å²) in [6.45, 7) is 5.21. The first-order chi connectivity index (χ1) is 14.9. The maximum Gasteiger partial charge on any atom is 0.333 e. The van der Waals surface area contributed by atoms with Crippen LogP contribution in [-0.4, -0.2) is 49.4 Å². The summed E-state index contributed by atoms with van der Waals surface area (Å²) in [6.07, 6.45) is 4.15. The molecule has 1 aromatic heterocycles. The minimum absolute atomic E-state index is 0.00797. The fourth-order valence-corrected chi connectivity index (χ4v) is 7.86. The number of amides is 1. The van der Waals surface area contributed by atoms with E-state index in [2.05, 4.69) is 29.0 Å². The molecule has 1 saturated heterocycles. The van der Waals surface area contributed by atoms with Gasteiger partial charge in [-0.05, 0) is 55.3 Å². The average molecular weight is 475 g/mol. The topological polar surface area (TPSA) is 102 Å². The molecule has 8 nitrogen and oxygen atoms in total. The Labute approximate surface area is 187 Å². The van der Waals surface area contributed by atoms with Crippen LogP contribution in [-0.2, 0) is 19.6 Å². The Balaban J connectivity index is 1.45. The molecule has 1 aliphatic heterocycles. The van der Waals surface area contributed by atoms with Crippen molar-refractivity contribution >= 4 is 15.9 Å². The Bertz CT molecular complexity index is 996. The molecule has 1 spiro atoms. The molecule has 180 valence electrons. The molecule has 3 aliphatic rings. The highest BCUT2D eigenvalue weighted by atomic mass is 32.2. The number of rotatable bonds is 7. The van der Waals surface area contributed by atoms with E-state index in [9.17, 15) is 22.0 Å². The number of hydrogen-bond donors (Lipinski definition) is 2. The first-order valence-corrected chi connectivity index (χ1v) is 12.6. The monoisotopic (exact) mass is 474 g/mol.